The zero-order chi connectivity index (χ0) is 12.7. The predicted molar refractivity (Wildman–Crippen MR) is 72.2 cm³/mol. The van der Waals surface area contributed by atoms with Gasteiger partial charge in [0.1, 0.15) is 0 Å². The number of amides is 1. The molecular weight excluding hydrogens is 234 g/mol. The Kier molecular flexibility index (Phi) is 6.06. The Morgan fingerprint density at radius 2 is 2.00 bits per heavy atom. The summed E-state index contributed by atoms with van der Waals surface area (Å²) in [6, 6.07) is 8.16. The lowest BCUT2D eigenvalue weighted by Gasteiger charge is -2.18. The number of alkyl halides is 1. The first-order valence-corrected chi connectivity index (χ1v) is 6.53. The van der Waals surface area contributed by atoms with Crippen molar-refractivity contribution in [2.75, 3.05) is 12.9 Å². The number of hydrogen-bond acceptors (Lipinski definition) is 1. The van der Waals surface area contributed by atoms with Crippen LogP contribution >= 0.6 is 11.6 Å². The van der Waals surface area contributed by atoms with Crippen molar-refractivity contribution in [1.82, 2.24) is 4.90 Å². The van der Waals surface area contributed by atoms with E-state index in [1.54, 1.807) is 4.90 Å². The summed E-state index contributed by atoms with van der Waals surface area (Å²) in [6.45, 7) is 2.76. The standard InChI is InChI=1S/C14H20ClNO/c1-12-7-3-4-8-13(12)11-16(2)14(17)9-5-6-10-15/h3-4,7-8H,5-6,9-11H2,1-2H3. The summed E-state index contributed by atoms with van der Waals surface area (Å²) in [6.07, 6.45) is 2.38. The van der Waals surface area contributed by atoms with Gasteiger partial charge in [-0.05, 0) is 30.9 Å². The highest BCUT2D eigenvalue weighted by atomic mass is 35.5. The third-order valence-corrected chi connectivity index (χ3v) is 3.14. The molecule has 0 fully saturated rings. The summed E-state index contributed by atoms with van der Waals surface area (Å²) in [5.74, 6) is 0.827. The molecule has 0 heterocycles. The van der Waals surface area contributed by atoms with Crippen LogP contribution < -0.4 is 0 Å². The summed E-state index contributed by atoms with van der Waals surface area (Å²) in [5.41, 5.74) is 2.44. The van der Waals surface area contributed by atoms with Crippen molar-refractivity contribution in [3.63, 3.8) is 0 Å². The van der Waals surface area contributed by atoms with Gasteiger partial charge in [-0.2, -0.15) is 0 Å². The van der Waals surface area contributed by atoms with E-state index in [1.807, 2.05) is 19.2 Å². The molecule has 0 atom stereocenters. The average molecular weight is 254 g/mol. The first-order valence-electron chi connectivity index (χ1n) is 5.99. The molecule has 0 aliphatic carbocycles. The van der Waals surface area contributed by atoms with Crippen LogP contribution in [-0.2, 0) is 11.3 Å². The molecule has 0 radical (unpaired) electrons. The predicted octanol–water partition coefficient (Wildman–Crippen LogP) is 3.36. The Labute approximate surface area is 109 Å². The molecule has 0 aliphatic heterocycles. The second kappa shape index (κ2) is 7.33. The molecule has 1 aromatic carbocycles. The fourth-order valence-corrected chi connectivity index (χ4v) is 1.88. The second-order valence-corrected chi connectivity index (χ2v) is 4.70. The Morgan fingerprint density at radius 1 is 1.29 bits per heavy atom. The molecule has 2 nitrogen and oxygen atoms in total. The molecule has 0 saturated heterocycles. The van der Waals surface area contributed by atoms with Crippen LogP contribution in [0.2, 0.25) is 0 Å². The highest BCUT2D eigenvalue weighted by Crippen LogP contribution is 2.10. The van der Waals surface area contributed by atoms with Gasteiger partial charge in [-0.25, -0.2) is 0 Å². The van der Waals surface area contributed by atoms with Gasteiger partial charge >= 0.3 is 0 Å². The number of carbonyl (C=O) groups is 1. The van der Waals surface area contributed by atoms with Crippen LogP contribution in [0.25, 0.3) is 0 Å². The van der Waals surface area contributed by atoms with Crippen LogP contribution in [0.1, 0.15) is 30.4 Å². The third-order valence-electron chi connectivity index (χ3n) is 2.87. The molecule has 0 saturated carbocycles. The van der Waals surface area contributed by atoms with Crippen LogP contribution in [0.3, 0.4) is 0 Å². The van der Waals surface area contributed by atoms with Crippen molar-refractivity contribution in [3.05, 3.63) is 35.4 Å². The second-order valence-electron chi connectivity index (χ2n) is 4.32. The number of aryl methyl sites for hydroxylation is 1. The number of hydrogen-bond donors (Lipinski definition) is 0. The maximum absolute atomic E-state index is 11.8. The Hall–Kier alpha value is -1.02. The first kappa shape index (κ1) is 14.0. The van der Waals surface area contributed by atoms with Crippen LogP contribution in [0.4, 0.5) is 0 Å². The molecule has 0 spiro atoms. The molecule has 17 heavy (non-hydrogen) atoms. The van der Waals surface area contributed by atoms with Gasteiger partial charge in [0.05, 0.1) is 0 Å². The third kappa shape index (κ3) is 4.78. The van der Waals surface area contributed by atoms with E-state index >= 15 is 0 Å². The van der Waals surface area contributed by atoms with Gasteiger partial charge in [-0.1, -0.05) is 24.3 Å². The van der Waals surface area contributed by atoms with E-state index < -0.39 is 0 Å². The SMILES string of the molecule is Cc1ccccc1CN(C)C(=O)CCCCCl. The fourth-order valence-electron chi connectivity index (χ4n) is 1.69. The summed E-state index contributed by atoms with van der Waals surface area (Å²) < 4.78 is 0. The van der Waals surface area contributed by atoms with E-state index in [0.29, 0.717) is 18.8 Å². The molecular formula is C14H20ClNO. The van der Waals surface area contributed by atoms with E-state index in [4.69, 9.17) is 11.6 Å². The maximum Gasteiger partial charge on any atom is 0.222 e. The highest BCUT2D eigenvalue weighted by molar-refractivity contribution is 6.17. The lowest BCUT2D eigenvalue weighted by atomic mass is 10.1. The fraction of sp³-hybridized carbons (Fsp3) is 0.500. The summed E-state index contributed by atoms with van der Waals surface area (Å²) in [7, 11) is 1.86. The number of carbonyl (C=O) groups excluding carboxylic acids is 1. The molecule has 0 N–H and O–H groups in total. The first-order chi connectivity index (χ1) is 8.15. The van der Waals surface area contributed by atoms with E-state index in [-0.39, 0.29) is 5.91 Å². The van der Waals surface area contributed by atoms with Gasteiger partial charge in [0, 0.05) is 25.9 Å². The molecule has 94 valence electrons. The number of benzene rings is 1. The molecule has 3 heteroatoms. The average Bonchev–Trinajstić information content (AvgIpc) is 2.32. The van der Waals surface area contributed by atoms with Crippen LogP contribution in [0.5, 0.6) is 0 Å². The van der Waals surface area contributed by atoms with Gasteiger partial charge < -0.3 is 4.90 Å². The molecule has 0 aliphatic rings. The smallest absolute Gasteiger partial charge is 0.222 e. The van der Waals surface area contributed by atoms with Gasteiger partial charge in [0.2, 0.25) is 5.91 Å². The van der Waals surface area contributed by atoms with Crippen LogP contribution in [0.15, 0.2) is 24.3 Å². The lowest BCUT2D eigenvalue weighted by molar-refractivity contribution is -0.130. The van der Waals surface area contributed by atoms with E-state index in [2.05, 4.69) is 19.1 Å². The normalized spacial score (nSPS) is 10.3. The number of unbranched alkanes of at least 4 members (excludes halogenated alkanes) is 1. The molecule has 1 amide bonds. The minimum atomic E-state index is 0.193. The molecule has 0 unspecified atom stereocenters. The Morgan fingerprint density at radius 3 is 2.65 bits per heavy atom. The number of rotatable bonds is 6. The van der Waals surface area contributed by atoms with Crippen molar-refractivity contribution in [3.8, 4) is 0 Å². The molecule has 1 rings (SSSR count). The van der Waals surface area contributed by atoms with Crippen LogP contribution in [-0.4, -0.2) is 23.7 Å². The van der Waals surface area contributed by atoms with E-state index in [0.717, 1.165) is 12.8 Å². The quantitative estimate of drug-likeness (QED) is 0.562. The van der Waals surface area contributed by atoms with Crippen molar-refractivity contribution < 1.29 is 4.79 Å². The molecule has 1 aromatic rings. The zero-order valence-electron chi connectivity index (χ0n) is 10.6. The monoisotopic (exact) mass is 253 g/mol. The van der Waals surface area contributed by atoms with Crippen molar-refractivity contribution in [2.24, 2.45) is 0 Å². The largest absolute Gasteiger partial charge is 0.341 e. The summed E-state index contributed by atoms with van der Waals surface area (Å²) in [5, 5.41) is 0. The maximum atomic E-state index is 11.8. The van der Waals surface area contributed by atoms with Gasteiger partial charge in [0.15, 0.2) is 0 Å². The minimum absolute atomic E-state index is 0.193. The van der Waals surface area contributed by atoms with Crippen molar-refractivity contribution >= 4 is 17.5 Å². The Balaban J connectivity index is 2.46. The topological polar surface area (TPSA) is 20.3 Å². The van der Waals surface area contributed by atoms with E-state index in [9.17, 15) is 4.79 Å². The van der Waals surface area contributed by atoms with Gasteiger partial charge in [-0.3, -0.25) is 4.79 Å². The molecule has 0 bridgehead atoms. The highest BCUT2D eigenvalue weighted by Gasteiger charge is 2.09. The minimum Gasteiger partial charge on any atom is -0.341 e. The number of halogens is 1. The summed E-state index contributed by atoms with van der Waals surface area (Å²) in [4.78, 5) is 13.6. The van der Waals surface area contributed by atoms with Crippen molar-refractivity contribution in [1.29, 1.82) is 0 Å². The van der Waals surface area contributed by atoms with Crippen LogP contribution in [0, 0.1) is 6.92 Å². The zero-order valence-corrected chi connectivity index (χ0v) is 11.3. The summed E-state index contributed by atoms with van der Waals surface area (Å²) >= 11 is 5.59. The number of nitrogens with zero attached hydrogens (tertiary/aromatic N) is 1. The van der Waals surface area contributed by atoms with Gasteiger partial charge in [0.25, 0.3) is 0 Å². The molecule has 0 aromatic heterocycles. The van der Waals surface area contributed by atoms with Gasteiger partial charge in [-0.15, -0.1) is 11.6 Å². The Bertz CT molecular complexity index is 365. The lowest BCUT2D eigenvalue weighted by Crippen LogP contribution is -2.26. The van der Waals surface area contributed by atoms with E-state index in [1.165, 1.54) is 11.1 Å². The van der Waals surface area contributed by atoms with Crippen molar-refractivity contribution in [2.45, 2.75) is 32.7 Å².